The lowest BCUT2D eigenvalue weighted by atomic mass is 9.90. The Labute approximate surface area is 459 Å². The molecule has 1 atom stereocenters. The minimum Gasteiger partial charge on any atom is -0.487 e. The summed E-state index contributed by atoms with van der Waals surface area (Å²) >= 11 is 1.61. The second-order valence-corrected chi connectivity index (χ2v) is 22.5. The number of likely N-dealkylation sites (tertiary alicyclic amines) is 1. The highest BCUT2D eigenvalue weighted by Crippen LogP contribution is 2.38. The Bertz CT molecular complexity index is 3590. The molecule has 0 bridgehead atoms. The first-order chi connectivity index (χ1) is 37.6. The third-order valence-electron chi connectivity index (χ3n) is 16.4. The summed E-state index contributed by atoms with van der Waals surface area (Å²) in [6.07, 6.45) is 5.38. The number of alkyl halides is 2. The van der Waals surface area contributed by atoms with Gasteiger partial charge in [0.1, 0.15) is 17.4 Å². The van der Waals surface area contributed by atoms with Crippen molar-refractivity contribution < 1.29 is 17.9 Å². The van der Waals surface area contributed by atoms with Gasteiger partial charge in [0, 0.05) is 108 Å². The smallest absolute Gasteiger partial charge is 0.281 e. The van der Waals surface area contributed by atoms with E-state index in [1.54, 1.807) is 29.5 Å². The van der Waals surface area contributed by atoms with Gasteiger partial charge in [0.2, 0.25) is 0 Å². The van der Waals surface area contributed by atoms with E-state index in [9.17, 15) is 0 Å². The molecule has 0 radical (unpaired) electrons. The molecule has 1 unspecified atom stereocenters. The Morgan fingerprint density at radius 3 is 2.35 bits per heavy atom. The number of hydrogen-bond donors (Lipinski definition) is 2. The van der Waals surface area contributed by atoms with Crippen LogP contribution in [0.4, 0.5) is 29.8 Å². The highest BCUT2D eigenvalue weighted by Gasteiger charge is 2.36. The van der Waals surface area contributed by atoms with Crippen molar-refractivity contribution in [2.45, 2.75) is 64.0 Å². The number of piperidine rings is 2. The molecule has 4 aliphatic rings. The Kier molecular flexibility index (Phi) is 14.6. The van der Waals surface area contributed by atoms with Gasteiger partial charge in [-0.15, -0.1) is 0 Å². The van der Waals surface area contributed by atoms with E-state index in [1.165, 1.54) is 11.1 Å². The van der Waals surface area contributed by atoms with Crippen LogP contribution in [0.1, 0.15) is 66.1 Å². The van der Waals surface area contributed by atoms with Gasteiger partial charge in [0.25, 0.3) is 5.92 Å². The van der Waals surface area contributed by atoms with Crippen molar-refractivity contribution in [1.29, 1.82) is 0 Å². The SMILES string of the molecule is C=Cc1nc(N2CCc3cccc(C(=C)Nc4nc5ccccc5s4)c3C2)ccc1-c1cccc(OCC(F)(F)CC2CCN(CC(=C)N3CCN(c4cc5c(=C)n(C6CCC(=C)NC6=C)c(=C)c5cc4F)CC3)CC2)c1C. The molecule has 7 heterocycles. The Hall–Kier alpha value is -7.55. The van der Waals surface area contributed by atoms with Crippen LogP contribution in [0.3, 0.4) is 0 Å². The first-order valence-corrected chi connectivity index (χ1v) is 27.9. The van der Waals surface area contributed by atoms with Gasteiger partial charge in [-0.2, -0.15) is 0 Å². The highest BCUT2D eigenvalue weighted by molar-refractivity contribution is 7.22. The summed E-state index contributed by atoms with van der Waals surface area (Å²) in [5.74, 6) is -2.14. The number of aromatic nitrogens is 3. The predicted molar refractivity (Wildman–Crippen MR) is 317 cm³/mol. The number of thiazole rings is 1. The summed E-state index contributed by atoms with van der Waals surface area (Å²) in [4.78, 5) is 18.8. The summed E-state index contributed by atoms with van der Waals surface area (Å²) in [7, 11) is 0. The quantitative estimate of drug-likeness (QED) is 0.0984. The van der Waals surface area contributed by atoms with Crippen LogP contribution in [-0.2, 0) is 13.0 Å². The first-order valence-electron chi connectivity index (χ1n) is 27.1. The third-order valence-corrected chi connectivity index (χ3v) is 17.4. The zero-order valence-electron chi connectivity index (χ0n) is 44.7. The number of rotatable bonds is 16. The Morgan fingerprint density at radius 2 is 1.59 bits per heavy atom. The van der Waals surface area contributed by atoms with E-state index in [-0.39, 0.29) is 24.2 Å². The van der Waals surface area contributed by atoms with Crippen LogP contribution in [0.15, 0.2) is 135 Å². The molecule has 78 heavy (non-hydrogen) atoms. The van der Waals surface area contributed by atoms with E-state index in [4.69, 9.17) is 14.7 Å². The van der Waals surface area contributed by atoms with Gasteiger partial charge in [0.15, 0.2) is 11.7 Å². The average Bonchev–Trinajstić information content (AvgIpc) is 4.15. The summed E-state index contributed by atoms with van der Waals surface area (Å²) in [6, 6.07) is 27.6. The summed E-state index contributed by atoms with van der Waals surface area (Å²) in [5.41, 5.74) is 11.8. The molecule has 0 aliphatic carbocycles. The second-order valence-electron chi connectivity index (χ2n) is 21.5. The molecule has 14 heteroatoms. The maximum atomic E-state index is 15.8. The first kappa shape index (κ1) is 52.5. The molecule has 0 amide bonds. The number of nitrogens with one attached hydrogen (secondary N) is 2. The monoisotopic (exact) mass is 1070 g/mol. The standard InChI is InChI=1S/C64H68F3N9OS/c1-9-56-51(21-23-62(70-56)75-29-26-48-14-12-16-50(54(48)38-75)43(5)69-63-71-57-17-10-11-19-61(57)78-63)49-15-13-18-60(42(49)4)77-39-64(66,67)36-47-24-27-72(28-25-47)37-41(3)73-30-32-74(33-31-73)59-35-53-46(8)76(45(7)52(53)34-55(59)65)58-22-20-40(2)68-44(58)6/h9-19,21,23,34-35,47,58,68H,1-3,5-8,20,22,24-33,36-39H2,4H3,(H,69,71). The minimum absolute atomic E-state index is 0.0348. The van der Waals surface area contributed by atoms with Crippen molar-refractivity contribution in [3.8, 4) is 16.9 Å². The molecule has 4 aliphatic heterocycles. The van der Waals surface area contributed by atoms with Crippen LogP contribution in [0.2, 0.25) is 0 Å². The number of allylic oxidation sites excluding steroid dienone is 2. The van der Waals surface area contributed by atoms with Gasteiger partial charge in [-0.05, 0) is 129 Å². The highest BCUT2D eigenvalue weighted by atomic mass is 32.1. The topological polar surface area (TPSA) is 77.0 Å². The summed E-state index contributed by atoms with van der Waals surface area (Å²) in [6.45, 7) is 37.5. The molecule has 3 fully saturated rings. The van der Waals surface area contributed by atoms with Gasteiger partial charge in [-0.25, -0.2) is 23.1 Å². The van der Waals surface area contributed by atoms with E-state index in [0.717, 1.165) is 127 Å². The maximum absolute atomic E-state index is 15.8. The summed E-state index contributed by atoms with van der Waals surface area (Å²) < 4.78 is 56.6. The van der Waals surface area contributed by atoms with Crippen molar-refractivity contribution in [2.24, 2.45) is 5.92 Å². The van der Waals surface area contributed by atoms with Gasteiger partial charge in [-0.1, -0.05) is 99.9 Å². The number of nitrogens with zero attached hydrogens (tertiary/aromatic N) is 7. The van der Waals surface area contributed by atoms with E-state index >= 15 is 13.2 Å². The molecule has 11 rings (SSSR count). The number of para-hydroxylation sites is 1. The van der Waals surface area contributed by atoms with Crippen LogP contribution in [0, 0.1) is 18.7 Å². The van der Waals surface area contributed by atoms with Gasteiger partial charge < -0.3 is 34.6 Å². The molecule has 2 N–H and O–H groups in total. The number of piperazine rings is 1. The van der Waals surface area contributed by atoms with E-state index < -0.39 is 12.5 Å². The molecule has 402 valence electrons. The predicted octanol–water partition coefficient (Wildman–Crippen LogP) is 12.3. The minimum atomic E-state index is -3.00. The largest absolute Gasteiger partial charge is 0.487 e. The summed E-state index contributed by atoms with van der Waals surface area (Å²) in [5, 5.41) is 10.7. The van der Waals surface area contributed by atoms with Crippen molar-refractivity contribution in [2.75, 3.05) is 74.1 Å². The normalized spacial score (nSPS) is 17.6. The molecule has 0 spiro atoms. The Morgan fingerprint density at radius 1 is 0.833 bits per heavy atom. The van der Waals surface area contributed by atoms with E-state index in [1.807, 2.05) is 55.5 Å². The molecular formula is C64H68F3N9OS. The van der Waals surface area contributed by atoms with Crippen molar-refractivity contribution in [1.82, 2.24) is 29.7 Å². The fourth-order valence-electron chi connectivity index (χ4n) is 12.1. The van der Waals surface area contributed by atoms with Crippen molar-refractivity contribution >= 4 is 73.9 Å². The molecular weight excluding hydrogens is 1000 g/mol. The van der Waals surface area contributed by atoms with Crippen LogP contribution >= 0.6 is 11.3 Å². The molecule has 3 aromatic heterocycles. The lowest BCUT2D eigenvalue weighted by molar-refractivity contribution is -0.0652. The molecule has 4 aromatic carbocycles. The Balaban J connectivity index is 0.658. The number of anilines is 3. The lowest BCUT2D eigenvalue weighted by Gasteiger charge is -2.40. The fourth-order valence-corrected chi connectivity index (χ4v) is 13.0. The number of benzene rings is 4. The number of fused-ring (bicyclic) bond motifs is 3. The van der Waals surface area contributed by atoms with Crippen LogP contribution in [0.25, 0.3) is 57.0 Å². The zero-order chi connectivity index (χ0) is 54.4. The number of hydrogen-bond acceptors (Lipinski definition) is 10. The van der Waals surface area contributed by atoms with Gasteiger partial charge in [0.05, 0.1) is 27.6 Å². The molecule has 3 saturated heterocycles. The van der Waals surface area contributed by atoms with E-state index in [2.05, 4.69) is 105 Å². The molecule has 10 nitrogen and oxygen atoms in total. The molecule has 7 aromatic rings. The lowest BCUT2D eigenvalue weighted by Crippen LogP contribution is -2.48. The van der Waals surface area contributed by atoms with Crippen LogP contribution in [0.5, 0.6) is 5.75 Å². The fraction of sp³-hybridized carbons (Fsp3) is 0.312. The number of pyridine rings is 1. The maximum Gasteiger partial charge on any atom is 0.281 e. The van der Waals surface area contributed by atoms with Crippen molar-refractivity contribution in [3.05, 3.63) is 179 Å². The van der Waals surface area contributed by atoms with Crippen molar-refractivity contribution in [3.63, 3.8) is 0 Å². The van der Waals surface area contributed by atoms with Gasteiger partial charge >= 0.3 is 0 Å². The molecule has 0 saturated carbocycles. The average molecular weight is 1070 g/mol. The van der Waals surface area contributed by atoms with Crippen LogP contribution in [-0.4, -0.2) is 89.2 Å². The van der Waals surface area contributed by atoms with E-state index in [0.29, 0.717) is 69.2 Å². The van der Waals surface area contributed by atoms with Gasteiger partial charge in [-0.3, -0.25) is 4.90 Å². The number of halogens is 3. The third kappa shape index (κ3) is 10.6. The zero-order valence-corrected chi connectivity index (χ0v) is 45.5. The second kappa shape index (κ2) is 21.7. The number of ether oxygens (including phenoxy) is 1. The van der Waals surface area contributed by atoms with Crippen LogP contribution < -0.4 is 35.9 Å².